The van der Waals surface area contributed by atoms with Gasteiger partial charge in [0.2, 0.25) is 0 Å². The molecule has 2 aromatic heterocycles. The second kappa shape index (κ2) is 11.0. The summed E-state index contributed by atoms with van der Waals surface area (Å²) in [4.78, 5) is 22.6. The summed E-state index contributed by atoms with van der Waals surface area (Å²) in [5.74, 6) is 1.69. The molecule has 2 N–H and O–H groups in total. The third kappa shape index (κ3) is 6.10. The number of carbonyl (C=O) groups excluding carboxylic acids is 1. The molecular weight excluding hydrogens is 426 g/mol. The first-order valence-electron chi connectivity index (χ1n) is 11.0. The number of para-hydroxylation sites is 1. The molecule has 0 saturated carbocycles. The van der Waals surface area contributed by atoms with Gasteiger partial charge < -0.3 is 20.3 Å². The lowest BCUT2D eigenvalue weighted by Crippen LogP contribution is -2.28. The molecule has 4 aromatic rings. The van der Waals surface area contributed by atoms with Gasteiger partial charge in [-0.05, 0) is 47.5 Å². The number of anilines is 2. The van der Waals surface area contributed by atoms with Crippen molar-refractivity contribution >= 4 is 17.5 Å². The van der Waals surface area contributed by atoms with Gasteiger partial charge in [0.15, 0.2) is 0 Å². The monoisotopic (exact) mass is 453 g/mol. The minimum Gasteiger partial charge on any atom is -0.488 e. The standard InChI is InChI=1S/C27H27N5O2/c1-32(2)26-14-11-22(18-29-26)24-7-3-4-8-25(24)34-19-20-9-12-23(13-10-20)31-27(33)30-17-21-6-5-15-28-16-21/h3-16,18H,17,19H2,1-2H3,(H2,30,31,33). The summed E-state index contributed by atoms with van der Waals surface area (Å²) in [5, 5.41) is 5.65. The van der Waals surface area contributed by atoms with Crippen molar-refractivity contribution in [2.45, 2.75) is 13.2 Å². The van der Waals surface area contributed by atoms with Gasteiger partial charge >= 0.3 is 6.03 Å². The van der Waals surface area contributed by atoms with Gasteiger partial charge in [0, 0.05) is 56.0 Å². The maximum absolute atomic E-state index is 12.1. The lowest BCUT2D eigenvalue weighted by molar-refractivity contribution is 0.251. The van der Waals surface area contributed by atoms with Crippen LogP contribution < -0.4 is 20.3 Å². The molecule has 7 heteroatoms. The normalized spacial score (nSPS) is 10.4. The molecule has 0 radical (unpaired) electrons. The van der Waals surface area contributed by atoms with E-state index >= 15 is 0 Å². The SMILES string of the molecule is CN(C)c1ccc(-c2ccccc2OCc2ccc(NC(=O)NCc3cccnc3)cc2)cn1. The summed E-state index contributed by atoms with van der Waals surface area (Å²) in [5.41, 5.74) is 4.63. The molecular formula is C27H27N5O2. The molecule has 172 valence electrons. The van der Waals surface area contributed by atoms with Crippen LogP contribution in [0.2, 0.25) is 0 Å². The maximum Gasteiger partial charge on any atom is 0.319 e. The van der Waals surface area contributed by atoms with E-state index in [1.54, 1.807) is 12.4 Å². The van der Waals surface area contributed by atoms with Gasteiger partial charge in [-0.25, -0.2) is 9.78 Å². The lowest BCUT2D eigenvalue weighted by atomic mass is 10.1. The number of nitrogens with one attached hydrogen (secondary N) is 2. The summed E-state index contributed by atoms with van der Waals surface area (Å²) >= 11 is 0. The Balaban J connectivity index is 1.33. The predicted octanol–water partition coefficient (Wildman–Crippen LogP) is 5.11. The van der Waals surface area contributed by atoms with Crippen molar-refractivity contribution in [3.8, 4) is 16.9 Å². The quantitative estimate of drug-likeness (QED) is 0.388. The van der Waals surface area contributed by atoms with E-state index in [1.807, 2.05) is 98.0 Å². The third-order valence-corrected chi connectivity index (χ3v) is 5.19. The number of hydrogen-bond donors (Lipinski definition) is 2. The average molecular weight is 454 g/mol. The molecule has 0 unspecified atom stereocenters. The zero-order valence-corrected chi connectivity index (χ0v) is 19.2. The maximum atomic E-state index is 12.1. The first-order chi connectivity index (χ1) is 16.6. The van der Waals surface area contributed by atoms with E-state index < -0.39 is 0 Å². The second-order valence-corrected chi connectivity index (χ2v) is 7.95. The van der Waals surface area contributed by atoms with Crippen LogP contribution in [0.15, 0.2) is 91.4 Å². The van der Waals surface area contributed by atoms with Crippen LogP contribution in [0.4, 0.5) is 16.3 Å². The minimum atomic E-state index is -0.268. The number of pyridine rings is 2. The topological polar surface area (TPSA) is 79.4 Å². The summed E-state index contributed by atoms with van der Waals surface area (Å²) in [7, 11) is 3.93. The van der Waals surface area contributed by atoms with Gasteiger partial charge in [0.25, 0.3) is 0 Å². The highest BCUT2D eigenvalue weighted by Crippen LogP contribution is 2.30. The Labute approximate surface area is 199 Å². The van der Waals surface area contributed by atoms with Crippen LogP contribution in [0.1, 0.15) is 11.1 Å². The Bertz CT molecular complexity index is 1210. The highest BCUT2D eigenvalue weighted by atomic mass is 16.5. The van der Waals surface area contributed by atoms with Crippen molar-refractivity contribution in [1.82, 2.24) is 15.3 Å². The summed E-state index contributed by atoms with van der Waals surface area (Å²) in [6.45, 7) is 0.826. The molecule has 0 spiro atoms. The Morgan fingerprint density at radius 3 is 2.44 bits per heavy atom. The molecule has 2 amide bonds. The van der Waals surface area contributed by atoms with Crippen LogP contribution in [0.5, 0.6) is 5.75 Å². The van der Waals surface area contributed by atoms with Crippen LogP contribution in [0, 0.1) is 0 Å². The molecule has 0 aliphatic rings. The van der Waals surface area contributed by atoms with Gasteiger partial charge in [0.05, 0.1) is 0 Å². The van der Waals surface area contributed by atoms with Gasteiger partial charge in [-0.15, -0.1) is 0 Å². The number of nitrogens with zero attached hydrogens (tertiary/aromatic N) is 3. The van der Waals surface area contributed by atoms with Crippen molar-refractivity contribution in [3.05, 3.63) is 103 Å². The smallest absolute Gasteiger partial charge is 0.319 e. The molecule has 4 rings (SSSR count). The number of amides is 2. The number of carbonyl (C=O) groups is 1. The van der Waals surface area contributed by atoms with Crippen molar-refractivity contribution in [3.63, 3.8) is 0 Å². The van der Waals surface area contributed by atoms with Crippen LogP contribution in [-0.2, 0) is 13.2 Å². The van der Waals surface area contributed by atoms with Gasteiger partial charge in [-0.3, -0.25) is 4.98 Å². The van der Waals surface area contributed by atoms with Crippen molar-refractivity contribution in [2.75, 3.05) is 24.3 Å². The van der Waals surface area contributed by atoms with E-state index in [-0.39, 0.29) is 6.03 Å². The molecule has 0 saturated heterocycles. The molecule has 0 aliphatic heterocycles. The Kier molecular flexibility index (Phi) is 7.35. The third-order valence-electron chi connectivity index (χ3n) is 5.19. The molecule has 34 heavy (non-hydrogen) atoms. The van der Waals surface area contributed by atoms with Crippen molar-refractivity contribution in [2.24, 2.45) is 0 Å². The van der Waals surface area contributed by atoms with E-state index in [4.69, 9.17) is 4.74 Å². The van der Waals surface area contributed by atoms with E-state index in [0.29, 0.717) is 18.8 Å². The van der Waals surface area contributed by atoms with E-state index in [9.17, 15) is 4.79 Å². The molecule has 2 aromatic carbocycles. The number of rotatable bonds is 8. The molecule has 0 atom stereocenters. The van der Waals surface area contributed by atoms with Gasteiger partial charge in [-0.1, -0.05) is 36.4 Å². The lowest BCUT2D eigenvalue weighted by Gasteiger charge is -2.14. The summed E-state index contributed by atoms with van der Waals surface area (Å²) < 4.78 is 6.12. The number of hydrogen-bond acceptors (Lipinski definition) is 5. The average Bonchev–Trinajstić information content (AvgIpc) is 2.88. The van der Waals surface area contributed by atoms with Crippen LogP contribution in [-0.4, -0.2) is 30.1 Å². The second-order valence-electron chi connectivity index (χ2n) is 7.95. The Morgan fingerprint density at radius 1 is 0.912 bits per heavy atom. The molecule has 2 heterocycles. The summed E-state index contributed by atoms with van der Waals surface area (Å²) in [6, 6.07) is 23.0. The number of urea groups is 1. The molecule has 7 nitrogen and oxygen atoms in total. The van der Waals surface area contributed by atoms with E-state index in [1.165, 1.54) is 0 Å². The first-order valence-corrected chi connectivity index (χ1v) is 11.0. The van der Waals surface area contributed by atoms with Crippen LogP contribution in [0.3, 0.4) is 0 Å². The molecule has 0 bridgehead atoms. The van der Waals surface area contributed by atoms with Gasteiger partial charge in [-0.2, -0.15) is 0 Å². The summed E-state index contributed by atoms with van der Waals surface area (Å²) in [6.07, 6.45) is 5.28. The molecule has 0 aliphatic carbocycles. The van der Waals surface area contributed by atoms with Crippen LogP contribution in [0.25, 0.3) is 11.1 Å². The number of ether oxygens (including phenoxy) is 1. The fourth-order valence-electron chi connectivity index (χ4n) is 3.35. The van der Waals surface area contributed by atoms with Crippen LogP contribution >= 0.6 is 0 Å². The first kappa shape index (κ1) is 22.8. The fraction of sp³-hybridized carbons (Fsp3) is 0.148. The Morgan fingerprint density at radius 2 is 1.74 bits per heavy atom. The molecule has 0 fully saturated rings. The van der Waals surface area contributed by atoms with Gasteiger partial charge in [0.1, 0.15) is 18.2 Å². The fourth-order valence-corrected chi connectivity index (χ4v) is 3.35. The minimum absolute atomic E-state index is 0.268. The zero-order valence-electron chi connectivity index (χ0n) is 19.2. The number of aromatic nitrogens is 2. The predicted molar refractivity (Wildman–Crippen MR) is 135 cm³/mol. The van der Waals surface area contributed by atoms with Crippen molar-refractivity contribution in [1.29, 1.82) is 0 Å². The highest BCUT2D eigenvalue weighted by molar-refractivity contribution is 5.89. The zero-order chi connectivity index (χ0) is 23.8. The highest BCUT2D eigenvalue weighted by Gasteiger charge is 2.08. The van der Waals surface area contributed by atoms with Crippen molar-refractivity contribution < 1.29 is 9.53 Å². The Hall–Kier alpha value is -4.39. The van der Waals surface area contributed by atoms with E-state index in [2.05, 4.69) is 20.6 Å². The van der Waals surface area contributed by atoms with E-state index in [0.717, 1.165) is 33.8 Å². The number of benzene rings is 2. The largest absolute Gasteiger partial charge is 0.488 e.